The van der Waals surface area contributed by atoms with Crippen LogP contribution in [0.25, 0.3) is 0 Å². The summed E-state index contributed by atoms with van der Waals surface area (Å²) in [7, 11) is 0. The highest BCUT2D eigenvalue weighted by molar-refractivity contribution is 9.10. The molecule has 0 unspecified atom stereocenters. The number of amides is 2. The van der Waals surface area contributed by atoms with E-state index in [1.165, 1.54) is 17.2 Å². The molecular formula is C23H16BrN3O5. The summed E-state index contributed by atoms with van der Waals surface area (Å²) in [5, 5.41) is 12.7. The molecule has 0 N–H and O–H groups in total. The summed E-state index contributed by atoms with van der Waals surface area (Å²) in [6, 6.07) is 21.4. The van der Waals surface area contributed by atoms with Crippen molar-refractivity contribution < 1.29 is 19.3 Å². The van der Waals surface area contributed by atoms with Gasteiger partial charge in [-0.25, -0.2) is 9.96 Å². The smallest absolute Gasteiger partial charge is 0.271 e. The number of nitro groups is 1. The molecule has 0 radical (unpaired) electrons. The first-order valence-corrected chi connectivity index (χ1v) is 10.6. The van der Waals surface area contributed by atoms with E-state index >= 15 is 0 Å². The number of hydroxylamine groups is 1. The summed E-state index contributed by atoms with van der Waals surface area (Å²) in [6.07, 6.45) is -1.03. The summed E-state index contributed by atoms with van der Waals surface area (Å²) < 4.78 is 0.829. The average molecular weight is 494 g/mol. The van der Waals surface area contributed by atoms with E-state index in [4.69, 9.17) is 4.84 Å². The van der Waals surface area contributed by atoms with Gasteiger partial charge in [-0.1, -0.05) is 52.3 Å². The second-order valence-corrected chi connectivity index (χ2v) is 8.41. The lowest BCUT2D eigenvalue weighted by atomic mass is 9.90. The van der Waals surface area contributed by atoms with Gasteiger partial charge < -0.3 is 0 Å². The molecule has 3 aromatic rings. The SMILES string of the molecule is O=C1[C@H]2[C@@H](c3ccccc3)N(c3cccc([N+](=O)[O-])c3)O[C@H]2C(=O)N1c1ccc(Br)cc1. The molecule has 3 aromatic carbocycles. The molecule has 0 spiro atoms. The Morgan fingerprint density at radius 1 is 0.875 bits per heavy atom. The lowest BCUT2D eigenvalue weighted by Gasteiger charge is -2.28. The summed E-state index contributed by atoms with van der Waals surface area (Å²) in [5.41, 5.74) is 1.53. The number of carbonyl (C=O) groups is 2. The highest BCUT2D eigenvalue weighted by atomic mass is 79.9. The average Bonchev–Trinajstić information content (AvgIpc) is 3.31. The van der Waals surface area contributed by atoms with Crippen LogP contribution in [0, 0.1) is 16.0 Å². The van der Waals surface area contributed by atoms with E-state index < -0.39 is 28.9 Å². The number of carbonyl (C=O) groups excluding carboxylic acids is 2. The number of non-ortho nitro benzene ring substituents is 1. The van der Waals surface area contributed by atoms with Gasteiger partial charge in [0.15, 0.2) is 6.10 Å². The zero-order valence-electron chi connectivity index (χ0n) is 16.5. The largest absolute Gasteiger partial charge is 0.273 e. The first kappa shape index (κ1) is 20.3. The lowest BCUT2D eigenvalue weighted by molar-refractivity contribution is -0.384. The Morgan fingerprint density at radius 3 is 2.28 bits per heavy atom. The Kier molecular flexibility index (Phi) is 4.99. The van der Waals surface area contributed by atoms with Gasteiger partial charge in [0.2, 0.25) is 5.91 Å². The van der Waals surface area contributed by atoms with Crippen molar-refractivity contribution >= 4 is 44.8 Å². The Balaban J connectivity index is 1.58. The first-order valence-electron chi connectivity index (χ1n) is 9.84. The van der Waals surface area contributed by atoms with Crippen molar-refractivity contribution in [3.8, 4) is 0 Å². The number of benzene rings is 3. The van der Waals surface area contributed by atoms with Gasteiger partial charge in [0, 0.05) is 16.6 Å². The van der Waals surface area contributed by atoms with E-state index in [-0.39, 0.29) is 11.6 Å². The summed E-state index contributed by atoms with van der Waals surface area (Å²) in [5.74, 6) is -1.63. The fourth-order valence-electron chi connectivity index (χ4n) is 4.22. The van der Waals surface area contributed by atoms with E-state index in [2.05, 4.69) is 15.9 Å². The Morgan fingerprint density at radius 2 is 1.59 bits per heavy atom. The molecule has 32 heavy (non-hydrogen) atoms. The number of nitrogens with zero attached hydrogens (tertiary/aromatic N) is 3. The van der Waals surface area contributed by atoms with Gasteiger partial charge in [0.25, 0.3) is 11.6 Å². The van der Waals surface area contributed by atoms with Crippen molar-refractivity contribution in [2.24, 2.45) is 5.92 Å². The van der Waals surface area contributed by atoms with Crippen LogP contribution in [0.5, 0.6) is 0 Å². The van der Waals surface area contributed by atoms with Crippen molar-refractivity contribution in [1.29, 1.82) is 0 Å². The number of imide groups is 1. The molecule has 3 atom stereocenters. The fourth-order valence-corrected chi connectivity index (χ4v) is 4.48. The number of hydrogen-bond donors (Lipinski definition) is 0. The number of halogens is 1. The summed E-state index contributed by atoms with van der Waals surface area (Å²) >= 11 is 3.36. The van der Waals surface area contributed by atoms with Gasteiger partial charge in [-0.15, -0.1) is 0 Å². The van der Waals surface area contributed by atoms with E-state index in [0.717, 1.165) is 14.9 Å². The molecule has 8 nitrogen and oxygen atoms in total. The second kappa shape index (κ2) is 7.85. The van der Waals surface area contributed by atoms with Crippen molar-refractivity contribution in [2.75, 3.05) is 9.96 Å². The predicted octanol–water partition coefficient (Wildman–Crippen LogP) is 4.41. The lowest BCUT2D eigenvalue weighted by Crippen LogP contribution is -2.37. The van der Waals surface area contributed by atoms with Crippen LogP contribution in [0.2, 0.25) is 0 Å². The van der Waals surface area contributed by atoms with Crippen molar-refractivity contribution in [3.05, 3.63) is 99.0 Å². The molecule has 5 rings (SSSR count). The second-order valence-electron chi connectivity index (χ2n) is 7.50. The van der Waals surface area contributed by atoms with Crippen LogP contribution < -0.4 is 9.96 Å². The zero-order chi connectivity index (χ0) is 22.4. The number of nitro benzene ring substituents is 1. The Labute approximate surface area is 191 Å². The van der Waals surface area contributed by atoms with E-state index in [9.17, 15) is 19.7 Å². The number of hydrogen-bond acceptors (Lipinski definition) is 6. The van der Waals surface area contributed by atoms with Gasteiger partial charge in [-0.05, 0) is 35.9 Å². The molecule has 9 heteroatoms. The third kappa shape index (κ3) is 3.26. The van der Waals surface area contributed by atoms with Crippen LogP contribution in [0.3, 0.4) is 0 Å². The maximum absolute atomic E-state index is 13.5. The van der Waals surface area contributed by atoms with Gasteiger partial charge in [-0.3, -0.25) is 24.5 Å². The molecule has 0 aromatic heterocycles. The molecule has 0 bridgehead atoms. The first-order chi connectivity index (χ1) is 15.5. The molecule has 2 aliphatic rings. The van der Waals surface area contributed by atoms with Gasteiger partial charge in [-0.2, -0.15) is 0 Å². The van der Waals surface area contributed by atoms with Gasteiger partial charge in [0.05, 0.1) is 22.3 Å². The van der Waals surface area contributed by atoms with Crippen LogP contribution in [-0.2, 0) is 14.4 Å². The standard InChI is InChI=1S/C23H16BrN3O5/c24-15-9-11-16(12-10-15)25-22(28)19-20(14-5-2-1-3-6-14)26(32-21(19)23(25)29)17-7-4-8-18(13-17)27(30)31/h1-13,19-21H/t19-,20+,21+/m0/s1. The third-order valence-corrected chi connectivity index (χ3v) is 6.17. The minimum absolute atomic E-state index is 0.107. The van der Waals surface area contributed by atoms with Crippen LogP contribution >= 0.6 is 15.9 Å². The van der Waals surface area contributed by atoms with E-state index in [1.54, 1.807) is 36.4 Å². The number of anilines is 2. The maximum atomic E-state index is 13.5. The molecule has 160 valence electrons. The van der Waals surface area contributed by atoms with Crippen molar-refractivity contribution in [1.82, 2.24) is 0 Å². The molecule has 0 saturated carbocycles. The highest BCUT2D eigenvalue weighted by Gasteiger charge is 2.60. The Bertz CT molecular complexity index is 1220. The minimum atomic E-state index is -1.03. The van der Waals surface area contributed by atoms with Crippen molar-refractivity contribution in [2.45, 2.75) is 12.1 Å². The predicted molar refractivity (Wildman–Crippen MR) is 120 cm³/mol. The molecule has 2 heterocycles. The van der Waals surface area contributed by atoms with E-state index in [0.29, 0.717) is 11.4 Å². The number of fused-ring (bicyclic) bond motifs is 1. The Hall–Kier alpha value is -3.56. The maximum Gasteiger partial charge on any atom is 0.271 e. The fraction of sp³-hybridized carbons (Fsp3) is 0.130. The highest BCUT2D eigenvalue weighted by Crippen LogP contribution is 2.47. The molecule has 0 aliphatic carbocycles. The molecule has 2 fully saturated rings. The molecular weight excluding hydrogens is 478 g/mol. The number of rotatable bonds is 4. The summed E-state index contributed by atoms with van der Waals surface area (Å²) in [6.45, 7) is 0. The van der Waals surface area contributed by atoms with E-state index in [1.807, 2.05) is 30.3 Å². The molecule has 2 amide bonds. The van der Waals surface area contributed by atoms with Gasteiger partial charge in [0.1, 0.15) is 5.92 Å². The normalized spacial score (nSPS) is 22.3. The van der Waals surface area contributed by atoms with Crippen LogP contribution in [0.4, 0.5) is 17.1 Å². The van der Waals surface area contributed by atoms with Crippen molar-refractivity contribution in [3.63, 3.8) is 0 Å². The van der Waals surface area contributed by atoms with Crippen LogP contribution in [-0.4, -0.2) is 22.8 Å². The topological polar surface area (TPSA) is 93.0 Å². The van der Waals surface area contributed by atoms with Crippen LogP contribution in [0.15, 0.2) is 83.3 Å². The minimum Gasteiger partial charge on any atom is -0.273 e. The molecule has 2 saturated heterocycles. The van der Waals surface area contributed by atoms with Crippen LogP contribution in [0.1, 0.15) is 11.6 Å². The quantitative estimate of drug-likeness (QED) is 0.303. The summed E-state index contributed by atoms with van der Waals surface area (Å²) in [4.78, 5) is 44.7. The monoisotopic (exact) mass is 493 g/mol. The van der Waals surface area contributed by atoms with Gasteiger partial charge >= 0.3 is 0 Å². The third-order valence-electron chi connectivity index (χ3n) is 5.64. The zero-order valence-corrected chi connectivity index (χ0v) is 18.1. The molecule has 2 aliphatic heterocycles.